The first kappa shape index (κ1) is 16.7. The van der Waals surface area contributed by atoms with E-state index in [1.165, 1.54) is 0 Å². The Labute approximate surface area is 140 Å². The second-order valence-corrected chi connectivity index (χ2v) is 5.75. The molecule has 0 radical (unpaired) electrons. The molecule has 116 valence electrons. The molecule has 0 aliphatic carbocycles. The Balaban J connectivity index is 1.98. The van der Waals surface area contributed by atoms with Crippen LogP contribution in [0.2, 0.25) is 10.0 Å². The molecule has 0 atom stereocenters. The third-order valence-corrected chi connectivity index (χ3v) is 4.02. The summed E-state index contributed by atoms with van der Waals surface area (Å²) in [6.07, 6.45) is 0.850. The van der Waals surface area contributed by atoms with E-state index in [0.29, 0.717) is 34.3 Å². The molecule has 0 bridgehead atoms. The maximum Gasteiger partial charge on any atom is 0.224 e. The van der Waals surface area contributed by atoms with Crippen molar-refractivity contribution in [3.05, 3.63) is 57.6 Å². The third kappa shape index (κ3) is 4.15. The Kier molecular flexibility index (Phi) is 5.69. The van der Waals surface area contributed by atoms with Crippen LogP contribution in [-0.4, -0.2) is 13.0 Å². The van der Waals surface area contributed by atoms with Crippen LogP contribution in [-0.2, 0) is 11.2 Å². The van der Waals surface area contributed by atoms with Gasteiger partial charge in [-0.3, -0.25) is 4.79 Å². The standard InChI is InChI=1S/C17H17Cl2NO2/c1-11-6-8-14(13(18)10-11)20-16(21)9-7-12-4-3-5-15(22-2)17(12)19/h3-6,8,10H,7,9H2,1-2H3,(H,20,21). The number of amides is 1. The number of hydrogen-bond acceptors (Lipinski definition) is 2. The van der Waals surface area contributed by atoms with Gasteiger partial charge in [0.15, 0.2) is 0 Å². The molecule has 0 aliphatic rings. The van der Waals surface area contributed by atoms with Gasteiger partial charge in [0, 0.05) is 6.42 Å². The fraction of sp³-hybridized carbons (Fsp3) is 0.235. The molecule has 0 heterocycles. The molecule has 0 spiro atoms. The highest BCUT2D eigenvalue weighted by atomic mass is 35.5. The monoisotopic (exact) mass is 337 g/mol. The lowest BCUT2D eigenvalue weighted by atomic mass is 10.1. The first-order valence-corrected chi connectivity index (χ1v) is 7.64. The highest BCUT2D eigenvalue weighted by Gasteiger charge is 2.10. The summed E-state index contributed by atoms with van der Waals surface area (Å²) in [5, 5.41) is 3.89. The number of ether oxygens (including phenoxy) is 1. The number of carbonyl (C=O) groups excluding carboxylic acids is 1. The summed E-state index contributed by atoms with van der Waals surface area (Å²) in [5.41, 5.74) is 2.55. The molecule has 5 heteroatoms. The molecule has 3 nitrogen and oxygen atoms in total. The lowest BCUT2D eigenvalue weighted by Gasteiger charge is -2.10. The number of anilines is 1. The van der Waals surface area contributed by atoms with E-state index < -0.39 is 0 Å². The van der Waals surface area contributed by atoms with Gasteiger partial charge in [0.05, 0.1) is 22.8 Å². The lowest BCUT2D eigenvalue weighted by molar-refractivity contribution is -0.116. The molecule has 1 N–H and O–H groups in total. The van der Waals surface area contributed by atoms with Crippen LogP contribution < -0.4 is 10.1 Å². The van der Waals surface area contributed by atoms with Gasteiger partial charge in [-0.25, -0.2) is 0 Å². The highest BCUT2D eigenvalue weighted by Crippen LogP contribution is 2.29. The van der Waals surface area contributed by atoms with Gasteiger partial charge in [-0.15, -0.1) is 0 Å². The van der Waals surface area contributed by atoms with Gasteiger partial charge < -0.3 is 10.1 Å². The van der Waals surface area contributed by atoms with E-state index in [1.54, 1.807) is 19.2 Å². The van der Waals surface area contributed by atoms with Crippen molar-refractivity contribution in [3.8, 4) is 5.75 Å². The molecule has 0 fully saturated rings. The van der Waals surface area contributed by atoms with Crippen molar-refractivity contribution in [2.24, 2.45) is 0 Å². The summed E-state index contributed by atoms with van der Waals surface area (Å²) in [6, 6.07) is 11.0. The van der Waals surface area contributed by atoms with Gasteiger partial charge in [-0.2, -0.15) is 0 Å². The van der Waals surface area contributed by atoms with E-state index in [1.807, 2.05) is 31.2 Å². The Bertz CT molecular complexity index is 686. The number of methoxy groups -OCH3 is 1. The minimum absolute atomic E-state index is 0.107. The maximum absolute atomic E-state index is 12.0. The number of carbonyl (C=O) groups is 1. The predicted molar refractivity (Wildman–Crippen MR) is 91.1 cm³/mol. The Morgan fingerprint density at radius 3 is 2.68 bits per heavy atom. The van der Waals surface area contributed by atoms with E-state index in [0.717, 1.165) is 11.1 Å². The van der Waals surface area contributed by atoms with Gasteiger partial charge >= 0.3 is 0 Å². The summed E-state index contributed by atoms with van der Waals surface area (Å²) in [5.74, 6) is 0.505. The zero-order chi connectivity index (χ0) is 16.1. The van der Waals surface area contributed by atoms with Crippen molar-refractivity contribution >= 4 is 34.8 Å². The smallest absolute Gasteiger partial charge is 0.224 e. The molecule has 0 unspecified atom stereocenters. The number of benzene rings is 2. The highest BCUT2D eigenvalue weighted by molar-refractivity contribution is 6.34. The predicted octanol–water partition coefficient (Wildman–Crippen LogP) is 4.88. The van der Waals surface area contributed by atoms with Crippen molar-refractivity contribution in [2.75, 3.05) is 12.4 Å². The van der Waals surface area contributed by atoms with Crippen LogP contribution in [0.1, 0.15) is 17.5 Å². The summed E-state index contributed by atoms with van der Waals surface area (Å²) in [7, 11) is 1.57. The third-order valence-electron chi connectivity index (χ3n) is 3.28. The number of halogens is 2. The average molecular weight is 338 g/mol. The van der Waals surface area contributed by atoms with E-state index in [9.17, 15) is 4.79 Å². The average Bonchev–Trinajstić information content (AvgIpc) is 2.49. The number of hydrogen-bond donors (Lipinski definition) is 1. The van der Waals surface area contributed by atoms with Crippen molar-refractivity contribution in [2.45, 2.75) is 19.8 Å². The topological polar surface area (TPSA) is 38.3 Å². The molecular formula is C17H17Cl2NO2. The van der Waals surface area contributed by atoms with Crippen LogP contribution in [0.5, 0.6) is 5.75 Å². The van der Waals surface area contributed by atoms with Crippen molar-refractivity contribution in [1.29, 1.82) is 0 Å². The SMILES string of the molecule is COc1cccc(CCC(=O)Nc2ccc(C)cc2Cl)c1Cl. The molecule has 2 rings (SSSR count). The van der Waals surface area contributed by atoms with Crippen LogP contribution >= 0.6 is 23.2 Å². The fourth-order valence-corrected chi connectivity index (χ4v) is 2.67. The summed E-state index contributed by atoms with van der Waals surface area (Å²) in [4.78, 5) is 12.0. The summed E-state index contributed by atoms with van der Waals surface area (Å²) in [6.45, 7) is 1.95. The minimum Gasteiger partial charge on any atom is -0.495 e. The van der Waals surface area contributed by atoms with Crippen molar-refractivity contribution < 1.29 is 9.53 Å². The molecule has 2 aromatic rings. The Morgan fingerprint density at radius 1 is 1.23 bits per heavy atom. The summed E-state index contributed by atoms with van der Waals surface area (Å²) >= 11 is 12.3. The molecular weight excluding hydrogens is 321 g/mol. The van der Waals surface area contributed by atoms with E-state index in [2.05, 4.69) is 5.32 Å². The van der Waals surface area contributed by atoms with Crippen molar-refractivity contribution in [1.82, 2.24) is 0 Å². The number of rotatable bonds is 5. The van der Waals surface area contributed by atoms with E-state index >= 15 is 0 Å². The van der Waals surface area contributed by atoms with Gasteiger partial charge in [0.25, 0.3) is 0 Å². The normalized spacial score (nSPS) is 10.4. The minimum atomic E-state index is -0.107. The molecule has 0 aliphatic heterocycles. The van der Waals surface area contributed by atoms with Crippen molar-refractivity contribution in [3.63, 3.8) is 0 Å². The van der Waals surface area contributed by atoms with Crippen LogP contribution in [0, 0.1) is 6.92 Å². The number of aryl methyl sites for hydroxylation is 2. The zero-order valence-corrected chi connectivity index (χ0v) is 14.0. The van der Waals surface area contributed by atoms with Gasteiger partial charge in [-0.05, 0) is 42.7 Å². The van der Waals surface area contributed by atoms with Gasteiger partial charge in [0.1, 0.15) is 5.75 Å². The maximum atomic E-state index is 12.0. The van der Waals surface area contributed by atoms with Gasteiger partial charge in [-0.1, -0.05) is 41.4 Å². The summed E-state index contributed by atoms with van der Waals surface area (Å²) < 4.78 is 5.17. The molecule has 2 aromatic carbocycles. The van der Waals surface area contributed by atoms with Crippen LogP contribution in [0.15, 0.2) is 36.4 Å². The van der Waals surface area contributed by atoms with Crippen LogP contribution in [0.4, 0.5) is 5.69 Å². The molecule has 22 heavy (non-hydrogen) atoms. The first-order valence-electron chi connectivity index (χ1n) is 6.88. The quantitative estimate of drug-likeness (QED) is 0.844. The largest absolute Gasteiger partial charge is 0.495 e. The zero-order valence-electron chi connectivity index (χ0n) is 12.5. The van der Waals surface area contributed by atoms with E-state index in [4.69, 9.17) is 27.9 Å². The Morgan fingerprint density at radius 2 is 2.00 bits per heavy atom. The molecule has 0 aromatic heterocycles. The number of nitrogens with one attached hydrogen (secondary N) is 1. The molecule has 0 saturated heterocycles. The Hall–Kier alpha value is -1.71. The second kappa shape index (κ2) is 7.52. The van der Waals surface area contributed by atoms with Gasteiger partial charge in [0.2, 0.25) is 5.91 Å². The fourth-order valence-electron chi connectivity index (χ4n) is 2.09. The molecule has 0 saturated carbocycles. The second-order valence-electron chi connectivity index (χ2n) is 4.96. The molecule has 1 amide bonds. The first-order chi connectivity index (χ1) is 10.5. The van der Waals surface area contributed by atoms with E-state index in [-0.39, 0.29) is 5.91 Å². The lowest BCUT2D eigenvalue weighted by Crippen LogP contribution is -2.12. The van der Waals surface area contributed by atoms with Crippen LogP contribution in [0.3, 0.4) is 0 Å². The van der Waals surface area contributed by atoms with Crippen LogP contribution in [0.25, 0.3) is 0 Å².